The Hall–Kier alpha value is -1.13. The van der Waals surface area contributed by atoms with Crippen LogP contribution in [0.5, 0.6) is 5.88 Å². The van der Waals surface area contributed by atoms with E-state index in [1.807, 2.05) is 26.8 Å². The Morgan fingerprint density at radius 1 is 1.44 bits per heavy atom. The molecule has 1 rings (SSSR count). The maximum atomic E-state index is 9.60. The van der Waals surface area contributed by atoms with Gasteiger partial charge >= 0.3 is 0 Å². The Morgan fingerprint density at radius 2 is 2.19 bits per heavy atom. The minimum absolute atomic E-state index is 0.260. The number of aryl methyl sites for hydroxylation is 1. The molecule has 0 radical (unpaired) electrons. The Morgan fingerprint density at radius 3 is 2.75 bits per heavy atom. The quantitative estimate of drug-likeness (QED) is 0.760. The number of ether oxygens (including phenoxy) is 1. The standard InChI is InChI=1S/C12H20N2O2/c1-9(2)13-7-11(15)8-16-12-5-4-10(3)6-14-12/h4-6,9,11,13,15H,7-8H2,1-3H3. The van der Waals surface area contributed by atoms with Crippen LogP contribution in [0.25, 0.3) is 0 Å². The van der Waals surface area contributed by atoms with Gasteiger partial charge in [-0.05, 0) is 12.5 Å². The third-order valence-corrected chi connectivity index (χ3v) is 2.07. The molecule has 0 saturated carbocycles. The Kier molecular flexibility index (Phi) is 5.22. The van der Waals surface area contributed by atoms with Gasteiger partial charge in [0.1, 0.15) is 12.7 Å². The molecule has 0 spiro atoms. The van der Waals surface area contributed by atoms with Gasteiger partial charge in [-0.15, -0.1) is 0 Å². The van der Waals surface area contributed by atoms with Crippen LogP contribution in [0, 0.1) is 6.92 Å². The van der Waals surface area contributed by atoms with Crippen LogP contribution in [0.2, 0.25) is 0 Å². The van der Waals surface area contributed by atoms with Crippen molar-refractivity contribution in [2.24, 2.45) is 0 Å². The molecule has 0 aliphatic carbocycles. The predicted octanol–water partition coefficient (Wildman–Crippen LogP) is 1.13. The largest absolute Gasteiger partial charge is 0.475 e. The van der Waals surface area contributed by atoms with E-state index in [9.17, 15) is 5.11 Å². The second-order valence-electron chi connectivity index (χ2n) is 4.20. The molecule has 0 aliphatic heterocycles. The van der Waals surface area contributed by atoms with E-state index in [0.29, 0.717) is 18.5 Å². The van der Waals surface area contributed by atoms with Crippen molar-refractivity contribution in [2.75, 3.05) is 13.2 Å². The van der Waals surface area contributed by atoms with E-state index in [1.165, 1.54) is 0 Å². The van der Waals surface area contributed by atoms with Crippen molar-refractivity contribution >= 4 is 0 Å². The van der Waals surface area contributed by atoms with Crippen molar-refractivity contribution in [1.29, 1.82) is 0 Å². The zero-order valence-electron chi connectivity index (χ0n) is 10.1. The van der Waals surface area contributed by atoms with Crippen molar-refractivity contribution < 1.29 is 9.84 Å². The summed E-state index contributed by atoms with van der Waals surface area (Å²) in [4.78, 5) is 4.09. The highest BCUT2D eigenvalue weighted by atomic mass is 16.5. The number of hydrogen-bond acceptors (Lipinski definition) is 4. The van der Waals surface area contributed by atoms with Gasteiger partial charge < -0.3 is 15.2 Å². The fourth-order valence-corrected chi connectivity index (χ4v) is 1.15. The third-order valence-electron chi connectivity index (χ3n) is 2.07. The Balaban J connectivity index is 2.26. The maximum Gasteiger partial charge on any atom is 0.213 e. The number of nitrogens with one attached hydrogen (secondary N) is 1. The van der Waals surface area contributed by atoms with Crippen molar-refractivity contribution in [1.82, 2.24) is 10.3 Å². The predicted molar refractivity (Wildman–Crippen MR) is 63.6 cm³/mol. The lowest BCUT2D eigenvalue weighted by atomic mass is 10.3. The number of aliphatic hydroxyl groups is 1. The normalized spacial score (nSPS) is 12.8. The van der Waals surface area contributed by atoms with Crippen molar-refractivity contribution in [3.63, 3.8) is 0 Å². The van der Waals surface area contributed by atoms with E-state index in [0.717, 1.165) is 5.56 Å². The van der Waals surface area contributed by atoms with Gasteiger partial charge in [0.15, 0.2) is 0 Å². The van der Waals surface area contributed by atoms with Crippen LogP contribution in [0.4, 0.5) is 0 Å². The van der Waals surface area contributed by atoms with Crippen molar-refractivity contribution in [3.8, 4) is 5.88 Å². The van der Waals surface area contributed by atoms with E-state index >= 15 is 0 Å². The summed E-state index contributed by atoms with van der Waals surface area (Å²) in [5.74, 6) is 0.550. The van der Waals surface area contributed by atoms with Gasteiger partial charge in [-0.25, -0.2) is 4.98 Å². The number of aliphatic hydroxyl groups excluding tert-OH is 1. The molecule has 1 atom stereocenters. The second kappa shape index (κ2) is 6.45. The van der Waals surface area contributed by atoms with E-state index in [1.54, 1.807) is 12.3 Å². The zero-order valence-corrected chi connectivity index (χ0v) is 10.1. The summed E-state index contributed by atoms with van der Waals surface area (Å²) >= 11 is 0. The number of aromatic nitrogens is 1. The van der Waals surface area contributed by atoms with Gasteiger partial charge in [0.05, 0.1) is 0 Å². The molecule has 90 valence electrons. The van der Waals surface area contributed by atoms with E-state index in [2.05, 4.69) is 10.3 Å². The van der Waals surface area contributed by atoms with Crippen LogP contribution in [0.3, 0.4) is 0 Å². The minimum Gasteiger partial charge on any atom is -0.475 e. The molecular weight excluding hydrogens is 204 g/mol. The SMILES string of the molecule is Cc1ccc(OCC(O)CNC(C)C)nc1. The third kappa shape index (κ3) is 5.09. The smallest absolute Gasteiger partial charge is 0.213 e. The fourth-order valence-electron chi connectivity index (χ4n) is 1.15. The summed E-state index contributed by atoms with van der Waals surface area (Å²) in [6.45, 7) is 6.84. The summed E-state index contributed by atoms with van der Waals surface area (Å²) in [5.41, 5.74) is 1.09. The minimum atomic E-state index is -0.509. The summed E-state index contributed by atoms with van der Waals surface area (Å²) in [5, 5.41) is 12.7. The summed E-state index contributed by atoms with van der Waals surface area (Å²) in [7, 11) is 0. The molecule has 0 aliphatic rings. The molecule has 4 heteroatoms. The zero-order chi connectivity index (χ0) is 12.0. The molecular formula is C12H20N2O2. The molecule has 4 nitrogen and oxygen atoms in total. The molecule has 0 bridgehead atoms. The summed E-state index contributed by atoms with van der Waals surface area (Å²) in [6.07, 6.45) is 1.24. The second-order valence-corrected chi connectivity index (χ2v) is 4.20. The Bertz CT molecular complexity index is 298. The molecule has 0 saturated heterocycles. The lowest BCUT2D eigenvalue weighted by molar-refractivity contribution is 0.102. The first-order valence-corrected chi connectivity index (χ1v) is 5.55. The average Bonchev–Trinajstić information content (AvgIpc) is 2.25. The fraction of sp³-hybridized carbons (Fsp3) is 0.583. The van der Waals surface area contributed by atoms with Crippen LogP contribution in [0.1, 0.15) is 19.4 Å². The molecule has 1 aromatic heterocycles. The monoisotopic (exact) mass is 224 g/mol. The topological polar surface area (TPSA) is 54.4 Å². The molecule has 0 amide bonds. The summed E-state index contributed by atoms with van der Waals surface area (Å²) < 4.78 is 5.35. The van der Waals surface area contributed by atoms with Crippen molar-refractivity contribution in [3.05, 3.63) is 23.9 Å². The van der Waals surface area contributed by atoms with E-state index in [-0.39, 0.29) is 6.61 Å². The molecule has 1 heterocycles. The first-order chi connectivity index (χ1) is 7.58. The number of rotatable bonds is 6. The first kappa shape index (κ1) is 12.9. The van der Waals surface area contributed by atoms with Crippen molar-refractivity contribution in [2.45, 2.75) is 32.9 Å². The highest BCUT2D eigenvalue weighted by Crippen LogP contribution is 2.06. The molecule has 2 N–H and O–H groups in total. The molecule has 0 aromatic carbocycles. The average molecular weight is 224 g/mol. The van der Waals surface area contributed by atoms with Gasteiger partial charge in [-0.2, -0.15) is 0 Å². The number of hydrogen-bond donors (Lipinski definition) is 2. The van der Waals surface area contributed by atoms with Crippen LogP contribution < -0.4 is 10.1 Å². The Labute approximate surface area is 96.7 Å². The molecule has 1 aromatic rings. The van der Waals surface area contributed by atoms with Gasteiger partial charge in [0.25, 0.3) is 0 Å². The lowest BCUT2D eigenvalue weighted by Gasteiger charge is -2.14. The van der Waals surface area contributed by atoms with E-state index in [4.69, 9.17) is 4.74 Å². The first-order valence-electron chi connectivity index (χ1n) is 5.55. The van der Waals surface area contributed by atoms with E-state index < -0.39 is 6.10 Å². The van der Waals surface area contributed by atoms with Gasteiger partial charge in [0, 0.05) is 24.8 Å². The van der Waals surface area contributed by atoms with Crippen LogP contribution in [-0.2, 0) is 0 Å². The van der Waals surface area contributed by atoms with Gasteiger partial charge in [0.2, 0.25) is 5.88 Å². The summed E-state index contributed by atoms with van der Waals surface area (Å²) in [6, 6.07) is 4.10. The van der Waals surface area contributed by atoms with Crippen LogP contribution >= 0.6 is 0 Å². The molecule has 1 unspecified atom stereocenters. The lowest BCUT2D eigenvalue weighted by Crippen LogP contribution is -2.35. The number of pyridine rings is 1. The molecule has 0 fully saturated rings. The highest BCUT2D eigenvalue weighted by Gasteiger charge is 2.06. The number of nitrogens with zero attached hydrogens (tertiary/aromatic N) is 1. The van der Waals surface area contributed by atoms with Gasteiger partial charge in [-0.3, -0.25) is 0 Å². The maximum absolute atomic E-state index is 9.60. The highest BCUT2D eigenvalue weighted by molar-refractivity contribution is 5.16. The molecule has 16 heavy (non-hydrogen) atoms. The van der Waals surface area contributed by atoms with Crippen LogP contribution in [0.15, 0.2) is 18.3 Å². The van der Waals surface area contributed by atoms with Gasteiger partial charge in [-0.1, -0.05) is 19.9 Å². The van der Waals surface area contributed by atoms with Crippen LogP contribution in [-0.4, -0.2) is 35.4 Å².